The molecule has 0 atom stereocenters. The normalized spacial score (nSPS) is 10.5. The van der Waals surface area contributed by atoms with Gasteiger partial charge >= 0.3 is 5.97 Å². The van der Waals surface area contributed by atoms with Gasteiger partial charge in [-0.25, -0.2) is 4.79 Å². The largest absolute Gasteiger partial charge is 0.465 e. The second kappa shape index (κ2) is 6.86. The van der Waals surface area contributed by atoms with Crippen molar-refractivity contribution in [1.29, 1.82) is 0 Å². The number of carbonyl (C=O) groups is 1. The van der Waals surface area contributed by atoms with Gasteiger partial charge in [-0.05, 0) is 18.6 Å². The van der Waals surface area contributed by atoms with Gasteiger partial charge in [0.15, 0.2) is 0 Å². The first-order valence-electron chi connectivity index (χ1n) is 6.63. The second-order valence-electron chi connectivity index (χ2n) is 4.70. The number of benzene rings is 1. The van der Waals surface area contributed by atoms with Gasteiger partial charge in [0, 0.05) is 18.7 Å². The van der Waals surface area contributed by atoms with Crippen LogP contribution in [0.5, 0.6) is 0 Å². The van der Waals surface area contributed by atoms with Crippen LogP contribution in [-0.2, 0) is 17.8 Å². The van der Waals surface area contributed by atoms with E-state index in [2.05, 4.69) is 10.1 Å². The van der Waals surface area contributed by atoms with Gasteiger partial charge in [0.1, 0.15) is 17.1 Å². The number of nitro groups is 1. The zero-order valence-electron chi connectivity index (χ0n) is 12.3. The average molecular weight is 304 g/mol. The molecular formula is C15H16N2O5. The van der Waals surface area contributed by atoms with Gasteiger partial charge in [-0.3, -0.25) is 10.1 Å². The molecule has 0 bridgehead atoms. The van der Waals surface area contributed by atoms with Gasteiger partial charge in [0.05, 0.1) is 18.6 Å². The smallest absolute Gasteiger partial charge is 0.341 e. The molecule has 0 unspecified atom stereocenters. The minimum atomic E-state index is -0.433. The van der Waals surface area contributed by atoms with Gasteiger partial charge in [-0.1, -0.05) is 12.1 Å². The van der Waals surface area contributed by atoms with Gasteiger partial charge in [0.25, 0.3) is 5.69 Å². The van der Waals surface area contributed by atoms with E-state index in [1.54, 1.807) is 25.1 Å². The van der Waals surface area contributed by atoms with Crippen molar-refractivity contribution in [3.05, 3.63) is 63.1 Å². The summed E-state index contributed by atoms with van der Waals surface area (Å²) in [6, 6.07) is 7.95. The zero-order valence-corrected chi connectivity index (χ0v) is 12.3. The van der Waals surface area contributed by atoms with E-state index in [-0.39, 0.29) is 5.69 Å². The maximum absolute atomic E-state index is 11.5. The van der Waals surface area contributed by atoms with Crippen molar-refractivity contribution < 1.29 is 18.9 Å². The zero-order chi connectivity index (χ0) is 16.1. The Kier molecular flexibility index (Phi) is 4.90. The van der Waals surface area contributed by atoms with E-state index in [9.17, 15) is 14.9 Å². The van der Waals surface area contributed by atoms with Gasteiger partial charge in [0.2, 0.25) is 0 Å². The fraction of sp³-hybridized carbons (Fsp3) is 0.267. The minimum absolute atomic E-state index is 0.0631. The van der Waals surface area contributed by atoms with Crippen LogP contribution >= 0.6 is 0 Å². The van der Waals surface area contributed by atoms with E-state index in [0.29, 0.717) is 30.2 Å². The Morgan fingerprint density at radius 2 is 2.00 bits per heavy atom. The highest BCUT2D eigenvalue weighted by atomic mass is 16.6. The molecular weight excluding hydrogens is 288 g/mol. The maximum atomic E-state index is 11.5. The molecule has 0 saturated heterocycles. The van der Waals surface area contributed by atoms with Crippen LogP contribution in [0.15, 0.2) is 34.7 Å². The fourth-order valence-electron chi connectivity index (χ4n) is 2.01. The summed E-state index contributed by atoms with van der Waals surface area (Å²) in [6.07, 6.45) is 0. The van der Waals surface area contributed by atoms with Gasteiger partial charge in [-0.2, -0.15) is 0 Å². The SMILES string of the molecule is COC(=O)c1cc(CNCc2ccc([N+](=O)[O-])cc2)oc1C. The predicted octanol–water partition coefficient (Wildman–Crippen LogP) is 2.57. The first kappa shape index (κ1) is 15.7. The number of nitrogens with zero attached hydrogens (tertiary/aromatic N) is 1. The Morgan fingerprint density at radius 3 is 2.59 bits per heavy atom. The molecule has 2 aromatic rings. The molecule has 0 saturated carbocycles. The molecule has 0 radical (unpaired) electrons. The molecule has 0 amide bonds. The number of carbonyl (C=O) groups excluding carboxylic acids is 1. The molecule has 1 aromatic heterocycles. The van der Waals surface area contributed by atoms with Crippen LogP contribution in [0.3, 0.4) is 0 Å². The standard InChI is InChI=1S/C15H16N2O5/c1-10-14(15(18)21-2)7-13(22-10)9-16-8-11-3-5-12(6-4-11)17(19)20/h3-7,16H,8-9H2,1-2H3. The molecule has 7 nitrogen and oxygen atoms in total. The van der Waals surface area contributed by atoms with E-state index < -0.39 is 10.9 Å². The molecule has 2 rings (SSSR count). The van der Waals surface area contributed by atoms with Crippen molar-refractivity contribution in [2.75, 3.05) is 7.11 Å². The van der Waals surface area contributed by atoms with Gasteiger partial charge in [-0.15, -0.1) is 0 Å². The highest BCUT2D eigenvalue weighted by Gasteiger charge is 2.14. The van der Waals surface area contributed by atoms with E-state index in [1.165, 1.54) is 19.2 Å². The average Bonchev–Trinajstić information content (AvgIpc) is 2.88. The third-order valence-corrected chi connectivity index (χ3v) is 3.15. The summed E-state index contributed by atoms with van der Waals surface area (Å²) in [6.45, 7) is 2.67. The molecule has 116 valence electrons. The summed E-state index contributed by atoms with van der Waals surface area (Å²) in [7, 11) is 1.32. The van der Waals surface area contributed by atoms with Crippen LogP contribution < -0.4 is 5.32 Å². The van der Waals surface area contributed by atoms with Crippen LogP contribution in [0.4, 0.5) is 5.69 Å². The van der Waals surface area contributed by atoms with Crippen LogP contribution in [0.1, 0.15) is 27.4 Å². The highest BCUT2D eigenvalue weighted by molar-refractivity contribution is 5.90. The number of rotatable bonds is 6. The van der Waals surface area contributed by atoms with E-state index in [1.807, 2.05) is 0 Å². The number of furan rings is 1. The summed E-state index contributed by atoms with van der Waals surface area (Å²) in [4.78, 5) is 21.6. The highest BCUT2D eigenvalue weighted by Crippen LogP contribution is 2.16. The van der Waals surface area contributed by atoms with E-state index in [4.69, 9.17) is 4.42 Å². The maximum Gasteiger partial charge on any atom is 0.341 e. The summed E-state index contributed by atoms with van der Waals surface area (Å²) < 4.78 is 10.1. The number of nitrogens with one attached hydrogen (secondary N) is 1. The topological polar surface area (TPSA) is 94.6 Å². The van der Waals surface area contributed by atoms with Crippen LogP contribution in [0.2, 0.25) is 0 Å². The minimum Gasteiger partial charge on any atom is -0.465 e. The Bertz CT molecular complexity index is 676. The first-order chi connectivity index (χ1) is 10.5. The van der Waals surface area contributed by atoms with Gasteiger partial charge < -0.3 is 14.5 Å². The molecule has 22 heavy (non-hydrogen) atoms. The van der Waals surface area contributed by atoms with Crippen LogP contribution in [0.25, 0.3) is 0 Å². The fourth-order valence-corrected chi connectivity index (χ4v) is 2.01. The Hall–Kier alpha value is -2.67. The van der Waals surface area contributed by atoms with E-state index in [0.717, 1.165) is 5.56 Å². The monoisotopic (exact) mass is 304 g/mol. The molecule has 0 aliphatic carbocycles. The lowest BCUT2D eigenvalue weighted by molar-refractivity contribution is -0.384. The third-order valence-electron chi connectivity index (χ3n) is 3.15. The predicted molar refractivity (Wildman–Crippen MR) is 78.4 cm³/mol. The van der Waals surface area contributed by atoms with Crippen molar-refractivity contribution in [2.45, 2.75) is 20.0 Å². The Labute approximate surface area is 127 Å². The summed E-state index contributed by atoms with van der Waals surface area (Å²) in [5.74, 6) is 0.710. The lowest BCUT2D eigenvalue weighted by Gasteiger charge is -2.02. The number of esters is 1. The molecule has 0 aliphatic heterocycles. The van der Waals surface area contributed by atoms with E-state index >= 15 is 0 Å². The molecule has 7 heteroatoms. The van der Waals surface area contributed by atoms with Crippen molar-refractivity contribution in [1.82, 2.24) is 5.32 Å². The Morgan fingerprint density at radius 1 is 1.32 bits per heavy atom. The summed E-state index contributed by atoms with van der Waals surface area (Å²) in [5, 5.41) is 13.7. The van der Waals surface area contributed by atoms with Crippen LogP contribution in [-0.4, -0.2) is 18.0 Å². The molecule has 1 N–H and O–H groups in total. The molecule has 1 heterocycles. The van der Waals surface area contributed by atoms with Crippen LogP contribution in [0, 0.1) is 17.0 Å². The number of nitro benzene ring substituents is 1. The van der Waals surface area contributed by atoms with Crippen molar-refractivity contribution >= 4 is 11.7 Å². The quantitative estimate of drug-likeness (QED) is 0.500. The molecule has 0 fully saturated rings. The number of non-ortho nitro benzene ring substituents is 1. The molecule has 0 spiro atoms. The second-order valence-corrected chi connectivity index (χ2v) is 4.70. The first-order valence-corrected chi connectivity index (χ1v) is 6.63. The molecule has 0 aliphatic rings. The molecule has 1 aromatic carbocycles. The summed E-state index contributed by atoms with van der Waals surface area (Å²) >= 11 is 0. The summed E-state index contributed by atoms with van der Waals surface area (Å²) in [5.41, 5.74) is 1.39. The number of ether oxygens (including phenoxy) is 1. The van der Waals surface area contributed by atoms with Crippen molar-refractivity contribution in [2.24, 2.45) is 0 Å². The number of aryl methyl sites for hydroxylation is 1. The lowest BCUT2D eigenvalue weighted by atomic mass is 10.2. The number of hydrogen-bond donors (Lipinski definition) is 1. The number of hydrogen-bond acceptors (Lipinski definition) is 6. The lowest BCUT2D eigenvalue weighted by Crippen LogP contribution is -2.12. The van der Waals surface area contributed by atoms with Crippen molar-refractivity contribution in [3.63, 3.8) is 0 Å². The third kappa shape index (κ3) is 3.70. The number of methoxy groups -OCH3 is 1. The Balaban J connectivity index is 1.91. The van der Waals surface area contributed by atoms with Crippen molar-refractivity contribution in [3.8, 4) is 0 Å².